The third-order valence-electron chi connectivity index (χ3n) is 6.73. The Kier molecular flexibility index (Phi) is 5.13. The molecule has 2 aliphatic rings. The van der Waals surface area contributed by atoms with E-state index in [1.165, 1.54) is 16.7 Å². The lowest BCUT2D eigenvalue weighted by Gasteiger charge is -2.43. The predicted molar refractivity (Wildman–Crippen MR) is 112 cm³/mol. The molecule has 2 atom stereocenters. The lowest BCUT2D eigenvalue weighted by Crippen LogP contribution is -2.49. The van der Waals surface area contributed by atoms with Crippen molar-refractivity contribution in [3.8, 4) is 0 Å². The topological polar surface area (TPSA) is 43.8 Å². The summed E-state index contributed by atoms with van der Waals surface area (Å²) < 4.78 is 0. The van der Waals surface area contributed by atoms with Gasteiger partial charge in [0.25, 0.3) is 0 Å². The first-order valence-electron chi connectivity index (χ1n) is 10.2. The van der Waals surface area contributed by atoms with Gasteiger partial charge >= 0.3 is 0 Å². The molecule has 4 rings (SSSR count). The molecule has 0 aromatic heterocycles. The number of nitrogens with zero attached hydrogens (tertiary/aromatic N) is 2. The lowest BCUT2D eigenvalue weighted by atomic mass is 9.72. The molecule has 0 amide bonds. The summed E-state index contributed by atoms with van der Waals surface area (Å²) in [6, 6.07) is 16.6. The fraction of sp³-hybridized carbons (Fsp3) is 0.458. The summed E-state index contributed by atoms with van der Waals surface area (Å²) in [6.07, 6.45) is 1.55. The van der Waals surface area contributed by atoms with Crippen molar-refractivity contribution < 1.29 is 9.90 Å². The molecule has 148 valence electrons. The van der Waals surface area contributed by atoms with Crippen molar-refractivity contribution in [3.63, 3.8) is 0 Å². The van der Waals surface area contributed by atoms with Crippen LogP contribution in [0.1, 0.15) is 52.9 Å². The van der Waals surface area contributed by atoms with Crippen molar-refractivity contribution in [1.82, 2.24) is 9.80 Å². The first kappa shape index (κ1) is 19.3. The van der Waals surface area contributed by atoms with E-state index in [1.54, 1.807) is 6.92 Å². The summed E-state index contributed by atoms with van der Waals surface area (Å²) in [5.41, 5.74) is 4.42. The van der Waals surface area contributed by atoms with Gasteiger partial charge in [0.1, 0.15) is 0 Å². The normalized spacial score (nSPS) is 23.9. The van der Waals surface area contributed by atoms with Crippen LogP contribution in [0.25, 0.3) is 0 Å². The van der Waals surface area contributed by atoms with Gasteiger partial charge in [0, 0.05) is 17.5 Å². The summed E-state index contributed by atoms with van der Waals surface area (Å²) >= 11 is 0. The number of ketones is 1. The number of piperidine rings is 1. The molecule has 1 heterocycles. The molecule has 0 unspecified atom stereocenters. The molecule has 1 N–H and O–H groups in total. The molecule has 1 aliphatic heterocycles. The third kappa shape index (κ3) is 3.20. The van der Waals surface area contributed by atoms with Crippen LogP contribution in [0.15, 0.2) is 48.5 Å². The second kappa shape index (κ2) is 7.43. The van der Waals surface area contributed by atoms with E-state index in [0.29, 0.717) is 0 Å². The number of aliphatic hydroxyl groups excluding tert-OH is 1. The van der Waals surface area contributed by atoms with Crippen LogP contribution in [-0.2, 0) is 12.0 Å². The maximum atomic E-state index is 11.7. The molecule has 0 radical (unpaired) electrons. The maximum Gasteiger partial charge on any atom is 0.159 e. The highest BCUT2D eigenvalue weighted by Crippen LogP contribution is 2.52. The van der Waals surface area contributed by atoms with Gasteiger partial charge in [0.15, 0.2) is 5.78 Å². The average Bonchev–Trinajstić information content (AvgIpc) is 2.92. The number of Topliss-reactive ketones (excluding diaryl/α,β-unsaturated/α-hetero) is 1. The van der Waals surface area contributed by atoms with E-state index in [4.69, 9.17) is 0 Å². The minimum Gasteiger partial charge on any atom is -0.390 e. The predicted octanol–water partition coefficient (Wildman–Crippen LogP) is 3.40. The monoisotopic (exact) mass is 378 g/mol. The van der Waals surface area contributed by atoms with E-state index >= 15 is 0 Å². The number of likely N-dealkylation sites (tertiary alicyclic amines) is 1. The highest BCUT2D eigenvalue weighted by atomic mass is 16.3. The quantitative estimate of drug-likeness (QED) is 0.828. The van der Waals surface area contributed by atoms with Crippen LogP contribution in [0.5, 0.6) is 0 Å². The molecular weight excluding hydrogens is 348 g/mol. The van der Waals surface area contributed by atoms with Crippen molar-refractivity contribution in [3.05, 3.63) is 70.8 Å². The highest BCUT2D eigenvalue weighted by Gasteiger charge is 2.52. The molecule has 0 bridgehead atoms. The molecule has 1 aliphatic carbocycles. The van der Waals surface area contributed by atoms with Gasteiger partial charge in [-0.15, -0.1) is 0 Å². The minimum atomic E-state index is -0.372. The standard InChI is InChI=1S/C24H30N2O2/c1-17(27)19-8-6-7-18(15-19)16-26-13-11-24(12-14-26)21-10-5-4-9-20(21)22(23(24)28)25(2)3/h4-10,15,22-23,28H,11-14,16H2,1-3H3/t22-,23+/m1/s1. The summed E-state index contributed by atoms with van der Waals surface area (Å²) in [5, 5.41) is 11.3. The van der Waals surface area contributed by atoms with Crippen molar-refractivity contribution in [2.75, 3.05) is 27.2 Å². The number of hydrogen-bond donors (Lipinski definition) is 1. The van der Waals surface area contributed by atoms with E-state index in [9.17, 15) is 9.90 Å². The summed E-state index contributed by atoms with van der Waals surface area (Å²) in [6.45, 7) is 4.38. The number of carbonyl (C=O) groups excluding carboxylic acids is 1. The number of benzene rings is 2. The molecule has 2 aromatic carbocycles. The third-order valence-corrected chi connectivity index (χ3v) is 6.73. The Morgan fingerprint density at radius 2 is 1.86 bits per heavy atom. The van der Waals surface area contributed by atoms with Crippen LogP contribution in [-0.4, -0.2) is 54.0 Å². The zero-order valence-electron chi connectivity index (χ0n) is 17.1. The Hall–Kier alpha value is -2.01. The van der Waals surface area contributed by atoms with Gasteiger partial charge in [-0.2, -0.15) is 0 Å². The minimum absolute atomic E-state index is 0.0648. The Morgan fingerprint density at radius 1 is 1.14 bits per heavy atom. The SMILES string of the molecule is CC(=O)c1cccc(CN2CCC3(CC2)c2ccccc2[C@@H](N(C)C)[C@@H]3O)c1. The fourth-order valence-corrected chi connectivity index (χ4v) is 5.22. The van der Waals surface area contributed by atoms with Crippen LogP contribution in [0, 0.1) is 0 Å². The fourth-order valence-electron chi connectivity index (χ4n) is 5.22. The first-order valence-corrected chi connectivity index (χ1v) is 10.2. The Labute approximate surface area is 167 Å². The van der Waals surface area contributed by atoms with Gasteiger partial charge in [-0.25, -0.2) is 0 Å². The molecule has 4 nitrogen and oxygen atoms in total. The summed E-state index contributed by atoms with van der Waals surface area (Å²) in [5.74, 6) is 0.111. The number of fused-ring (bicyclic) bond motifs is 2. The van der Waals surface area contributed by atoms with Crippen LogP contribution in [0.2, 0.25) is 0 Å². The zero-order valence-corrected chi connectivity index (χ0v) is 17.1. The van der Waals surface area contributed by atoms with Crippen LogP contribution in [0.4, 0.5) is 0 Å². The number of hydrogen-bond acceptors (Lipinski definition) is 4. The van der Waals surface area contributed by atoms with E-state index in [-0.39, 0.29) is 23.3 Å². The Balaban J connectivity index is 1.52. The number of likely N-dealkylation sites (N-methyl/N-ethyl adjacent to an activating group) is 1. The Bertz CT molecular complexity index is 868. The van der Waals surface area contributed by atoms with E-state index in [2.05, 4.69) is 54.2 Å². The van der Waals surface area contributed by atoms with Crippen molar-refractivity contribution in [2.45, 2.75) is 43.9 Å². The maximum absolute atomic E-state index is 11.7. The molecule has 1 fully saturated rings. The highest BCUT2D eigenvalue weighted by molar-refractivity contribution is 5.94. The molecule has 1 saturated heterocycles. The molecule has 1 spiro atoms. The first-order chi connectivity index (χ1) is 13.4. The number of rotatable bonds is 4. The van der Waals surface area contributed by atoms with Crippen molar-refractivity contribution in [1.29, 1.82) is 0 Å². The van der Waals surface area contributed by atoms with Crippen molar-refractivity contribution in [2.24, 2.45) is 0 Å². The lowest BCUT2D eigenvalue weighted by molar-refractivity contribution is -0.00393. The molecule has 4 heteroatoms. The zero-order chi connectivity index (χ0) is 19.9. The van der Waals surface area contributed by atoms with Gasteiger partial charge in [-0.3, -0.25) is 9.69 Å². The van der Waals surface area contributed by atoms with Crippen LogP contribution >= 0.6 is 0 Å². The second-order valence-electron chi connectivity index (χ2n) is 8.63. The van der Waals surface area contributed by atoms with Gasteiger partial charge in [0.2, 0.25) is 0 Å². The van der Waals surface area contributed by atoms with Crippen molar-refractivity contribution >= 4 is 5.78 Å². The summed E-state index contributed by atoms with van der Waals surface area (Å²) in [4.78, 5) is 16.3. The van der Waals surface area contributed by atoms with E-state index < -0.39 is 0 Å². The molecule has 2 aromatic rings. The second-order valence-corrected chi connectivity index (χ2v) is 8.63. The van der Waals surface area contributed by atoms with Crippen LogP contribution < -0.4 is 0 Å². The van der Waals surface area contributed by atoms with Gasteiger partial charge in [-0.05, 0) is 69.7 Å². The number of carbonyl (C=O) groups is 1. The number of aliphatic hydroxyl groups is 1. The van der Waals surface area contributed by atoms with Gasteiger partial charge in [-0.1, -0.05) is 42.5 Å². The smallest absolute Gasteiger partial charge is 0.159 e. The van der Waals surface area contributed by atoms with Gasteiger partial charge < -0.3 is 10.0 Å². The van der Waals surface area contributed by atoms with E-state index in [0.717, 1.165) is 38.0 Å². The Morgan fingerprint density at radius 3 is 2.54 bits per heavy atom. The van der Waals surface area contributed by atoms with Gasteiger partial charge in [0.05, 0.1) is 12.1 Å². The average molecular weight is 379 g/mol. The summed E-state index contributed by atoms with van der Waals surface area (Å²) in [7, 11) is 4.11. The van der Waals surface area contributed by atoms with E-state index in [1.807, 2.05) is 18.2 Å². The molecule has 28 heavy (non-hydrogen) atoms. The molecular formula is C24H30N2O2. The molecule has 0 saturated carbocycles. The largest absolute Gasteiger partial charge is 0.390 e. The van der Waals surface area contributed by atoms with Crippen LogP contribution in [0.3, 0.4) is 0 Å².